The number of hydrogen-bond donors (Lipinski definition) is 1. The van der Waals surface area contributed by atoms with Crippen molar-refractivity contribution in [1.82, 2.24) is 0 Å². The lowest BCUT2D eigenvalue weighted by Crippen LogP contribution is -1.83. The molecule has 0 saturated heterocycles. The molecule has 0 aliphatic carbocycles. The molecule has 0 unspecified atom stereocenters. The minimum atomic E-state index is 0.123. The van der Waals surface area contributed by atoms with Crippen molar-refractivity contribution in [2.45, 2.75) is 24.0 Å². The zero-order chi connectivity index (χ0) is 14.2. The van der Waals surface area contributed by atoms with Crippen LogP contribution in [0, 0.1) is 18.8 Å². The molecule has 0 spiro atoms. The van der Waals surface area contributed by atoms with Gasteiger partial charge in [0.25, 0.3) is 0 Å². The smallest absolute Gasteiger partial charge is 0.0540 e. The van der Waals surface area contributed by atoms with Gasteiger partial charge in [0.05, 0.1) is 6.61 Å². The molecule has 0 fully saturated rings. The number of thioether (sulfide) groups is 1. The van der Waals surface area contributed by atoms with Gasteiger partial charge in [-0.15, -0.1) is 11.8 Å². The lowest BCUT2D eigenvalue weighted by molar-refractivity contribution is 0.305. The number of aryl methyl sites for hydroxylation is 1. The van der Waals surface area contributed by atoms with Gasteiger partial charge < -0.3 is 5.11 Å². The normalized spacial score (nSPS) is 9.90. The zero-order valence-electron chi connectivity index (χ0n) is 11.6. The van der Waals surface area contributed by atoms with Crippen LogP contribution in [0.3, 0.4) is 0 Å². The Morgan fingerprint density at radius 3 is 2.60 bits per heavy atom. The van der Waals surface area contributed by atoms with Crippen molar-refractivity contribution in [3.63, 3.8) is 0 Å². The number of rotatable bonds is 4. The second-order valence-corrected chi connectivity index (χ2v) is 5.63. The van der Waals surface area contributed by atoms with Crippen LogP contribution in [0.1, 0.15) is 23.1 Å². The molecule has 0 radical (unpaired) electrons. The molecule has 0 heterocycles. The Morgan fingerprint density at radius 1 is 1.10 bits per heavy atom. The van der Waals surface area contributed by atoms with E-state index in [0.29, 0.717) is 6.42 Å². The quantitative estimate of drug-likeness (QED) is 0.675. The first-order chi connectivity index (χ1) is 9.78. The van der Waals surface area contributed by atoms with E-state index in [9.17, 15) is 0 Å². The molecule has 20 heavy (non-hydrogen) atoms. The first-order valence-corrected chi connectivity index (χ1v) is 7.64. The Balaban J connectivity index is 1.93. The van der Waals surface area contributed by atoms with Gasteiger partial charge in [0.2, 0.25) is 0 Å². The molecule has 0 aliphatic heterocycles. The highest BCUT2D eigenvalue weighted by Gasteiger charge is 1.97. The van der Waals surface area contributed by atoms with Crippen molar-refractivity contribution in [3.8, 4) is 11.8 Å². The van der Waals surface area contributed by atoms with Gasteiger partial charge in [-0.2, -0.15) is 0 Å². The molecule has 0 amide bonds. The largest absolute Gasteiger partial charge is 0.395 e. The van der Waals surface area contributed by atoms with E-state index in [1.165, 1.54) is 16.0 Å². The van der Waals surface area contributed by atoms with Crippen molar-refractivity contribution < 1.29 is 5.11 Å². The summed E-state index contributed by atoms with van der Waals surface area (Å²) in [6.07, 6.45) is 0.533. The fourth-order valence-electron chi connectivity index (χ4n) is 1.78. The van der Waals surface area contributed by atoms with E-state index in [1.54, 1.807) is 0 Å². The molecule has 0 aromatic heterocycles. The van der Waals surface area contributed by atoms with Crippen molar-refractivity contribution in [3.05, 3.63) is 65.2 Å². The fraction of sp³-hybridized carbons (Fsp3) is 0.222. The van der Waals surface area contributed by atoms with Gasteiger partial charge in [-0.1, -0.05) is 41.7 Å². The lowest BCUT2D eigenvalue weighted by atomic mass is 10.1. The summed E-state index contributed by atoms with van der Waals surface area (Å²) in [4.78, 5) is 1.30. The number of benzene rings is 2. The van der Waals surface area contributed by atoms with Gasteiger partial charge in [-0.05, 0) is 36.8 Å². The maximum atomic E-state index is 8.68. The number of hydrogen-bond acceptors (Lipinski definition) is 2. The Morgan fingerprint density at radius 2 is 1.90 bits per heavy atom. The van der Waals surface area contributed by atoms with Gasteiger partial charge >= 0.3 is 0 Å². The van der Waals surface area contributed by atoms with Gasteiger partial charge in [-0.25, -0.2) is 0 Å². The molecular weight excluding hydrogens is 264 g/mol. The maximum Gasteiger partial charge on any atom is 0.0540 e. The minimum Gasteiger partial charge on any atom is -0.395 e. The van der Waals surface area contributed by atoms with Crippen LogP contribution in [-0.4, -0.2) is 11.7 Å². The van der Waals surface area contributed by atoms with E-state index in [0.717, 1.165) is 11.3 Å². The van der Waals surface area contributed by atoms with Crippen LogP contribution in [-0.2, 0) is 5.75 Å². The minimum absolute atomic E-state index is 0.123. The van der Waals surface area contributed by atoms with Gasteiger partial charge in [0.1, 0.15) is 0 Å². The third-order valence-corrected chi connectivity index (χ3v) is 3.88. The Kier molecular flexibility index (Phi) is 5.73. The summed E-state index contributed by atoms with van der Waals surface area (Å²) < 4.78 is 0. The maximum absolute atomic E-state index is 8.68. The average molecular weight is 282 g/mol. The molecule has 102 valence electrons. The topological polar surface area (TPSA) is 20.2 Å². The molecule has 0 atom stereocenters. The van der Waals surface area contributed by atoms with Gasteiger partial charge in [0, 0.05) is 22.6 Å². The Bertz CT molecular complexity index is 605. The second kappa shape index (κ2) is 7.79. The summed E-state index contributed by atoms with van der Waals surface area (Å²) >= 11 is 1.85. The Hall–Kier alpha value is -1.69. The van der Waals surface area contributed by atoms with Crippen molar-refractivity contribution >= 4 is 11.8 Å². The summed E-state index contributed by atoms with van der Waals surface area (Å²) in [5.74, 6) is 6.93. The van der Waals surface area contributed by atoms with Crippen LogP contribution < -0.4 is 0 Å². The van der Waals surface area contributed by atoms with Crippen LogP contribution in [0.4, 0.5) is 0 Å². The second-order valence-electron chi connectivity index (χ2n) is 4.58. The van der Waals surface area contributed by atoms with E-state index in [2.05, 4.69) is 55.2 Å². The number of aliphatic hydroxyl groups is 1. The summed E-state index contributed by atoms with van der Waals surface area (Å²) in [5, 5.41) is 8.68. The van der Waals surface area contributed by atoms with Crippen molar-refractivity contribution in [2.75, 3.05) is 6.61 Å². The predicted molar refractivity (Wildman–Crippen MR) is 85.8 cm³/mol. The first kappa shape index (κ1) is 14.7. The molecule has 1 N–H and O–H groups in total. The van der Waals surface area contributed by atoms with Crippen LogP contribution in [0.15, 0.2) is 53.4 Å². The predicted octanol–water partition coefficient (Wildman–Crippen LogP) is 4.02. The van der Waals surface area contributed by atoms with E-state index in [1.807, 2.05) is 23.9 Å². The molecule has 0 aliphatic rings. The van der Waals surface area contributed by atoms with Crippen molar-refractivity contribution in [1.29, 1.82) is 0 Å². The summed E-state index contributed by atoms with van der Waals surface area (Å²) in [5.41, 5.74) is 3.59. The Labute approximate surface area is 125 Å². The molecule has 0 saturated carbocycles. The monoisotopic (exact) mass is 282 g/mol. The molecule has 2 rings (SSSR count). The average Bonchev–Trinajstić information content (AvgIpc) is 2.47. The van der Waals surface area contributed by atoms with Crippen LogP contribution in [0.5, 0.6) is 0 Å². The standard InChI is InChI=1S/C18H18OS/c1-15-5-4-7-18(13-15)20-14-17-10-8-16(9-11-17)6-2-3-12-19/h4-5,7-11,13,19H,3,12,14H2,1H3. The van der Waals surface area contributed by atoms with E-state index >= 15 is 0 Å². The van der Waals surface area contributed by atoms with Gasteiger partial charge in [-0.3, -0.25) is 0 Å². The number of aliphatic hydroxyl groups excluding tert-OH is 1. The van der Waals surface area contributed by atoms with E-state index in [-0.39, 0.29) is 6.61 Å². The van der Waals surface area contributed by atoms with E-state index in [4.69, 9.17) is 5.11 Å². The van der Waals surface area contributed by atoms with Crippen molar-refractivity contribution in [2.24, 2.45) is 0 Å². The summed E-state index contributed by atoms with van der Waals surface area (Å²) in [6.45, 7) is 2.24. The highest BCUT2D eigenvalue weighted by atomic mass is 32.2. The zero-order valence-corrected chi connectivity index (χ0v) is 12.4. The molecule has 0 bridgehead atoms. The van der Waals surface area contributed by atoms with Crippen LogP contribution >= 0.6 is 11.8 Å². The molecular formula is C18H18OS. The SMILES string of the molecule is Cc1cccc(SCc2ccc(C#CCCO)cc2)c1. The van der Waals surface area contributed by atoms with Crippen LogP contribution in [0.2, 0.25) is 0 Å². The third-order valence-electron chi connectivity index (χ3n) is 2.82. The first-order valence-electron chi connectivity index (χ1n) is 6.66. The fourth-order valence-corrected chi connectivity index (χ4v) is 2.75. The molecule has 1 nitrogen and oxygen atoms in total. The van der Waals surface area contributed by atoms with Gasteiger partial charge in [0.15, 0.2) is 0 Å². The lowest BCUT2D eigenvalue weighted by Gasteiger charge is -2.03. The molecule has 2 aromatic rings. The molecule has 2 aromatic carbocycles. The summed E-state index contributed by atoms with van der Waals surface area (Å²) in [6, 6.07) is 16.9. The van der Waals surface area contributed by atoms with Crippen LogP contribution in [0.25, 0.3) is 0 Å². The molecule has 2 heteroatoms. The highest BCUT2D eigenvalue weighted by Crippen LogP contribution is 2.23. The van der Waals surface area contributed by atoms with E-state index < -0.39 is 0 Å². The highest BCUT2D eigenvalue weighted by molar-refractivity contribution is 7.98. The third kappa shape index (κ3) is 4.77. The summed E-state index contributed by atoms with van der Waals surface area (Å²) in [7, 11) is 0.